The second-order valence-corrected chi connectivity index (χ2v) is 7.19. The van der Waals surface area contributed by atoms with E-state index in [0.29, 0.717) is 5.41 Å². The van der Waals surface area contributed by atoms with E-state index in [0.717, 1.165) is 19.1 Å². The van der Waals surface area contributed by atoms with Crippen LogP contribution in [0.4, 0.5) is 0 Å². The van der Waals surface area contributed by atoms with E-state index in [9.17, 15) is 0 Å². The molecule has 0 aromatic rings. The quantitative estimate of drug-likeness (QED) is 0.754. The lowest BCUT2D eigenvalue weighted by atomic mass is 9.92. The fraction of sp³-hybridized carbons (Fsp3) is 1.00. The summed E-state index contributed by atoms with van der Waals surface area (Å²) < 4.78 is 0. The first kappa shape index (κ1) is 14.3. The van der Waals surface area contributed by atoms with Gasteiger partial charge in [-0.25, -0.2) is 0 Å². The number of nitrogens with zero attached hydrogens (tertiary/aromatic N) is 2. The largest absolute Gasteiger partial charge is 0.315 e. The molecule has 106 valence electrons. The zero-order valence-electron chi connectivity index (χ0n) is 12.5. The van der Waals surface area contributed by atoms with Crippen molar-refractivity contribution in [1.29, 1.82) is 0 Å². The summed E-state index contributed by atoms with van der Waals surface area (Å²) >= 11 is 0. The van der Waals surface area contributed by atoms with Gasteiger partial charge < -0.3 is 5.32 Å². The Labute approximate surface area is 113 Å². The van der Waals surface area contributed by atoms with E-state index < -0.39 is 0 Å². The molecule has 0 spiro atoms. The van der Waals surface area contributed by atoms with Gasteiger partial charge in [0.1, 0.15) is 0 Å². The Balaban J connectivity index is 1.54. The van der Waals surface area contributed by atoms with Crippen molar-refractivity contribution in [2.75, 3.05) is 45.8 Å². The smallest absolute Gasteiger partial charge is 0.0224 e. The van der Waals surface area contributed by atoms with E-state index in [1.807, 2.05) is 0 Å². The van der Waals surface area contributed by atoms with Crippen LogP contribution in [0.3, 0.4) is 0 Å². The maximum atomic E-state index is 3.59. The average Bonchev–Trinajstić information content (AvgIpc) is 2.74. The van der Waals surface area contributed by atoms with Crippen molar-refractivity contribution in [3.05, 3.63) is 0 Å². The topological polar surface area (TPSA) is 18.5 Å². The Morgan fingerprint density at radius 2 is 1.94 bits per heavy atom. The highest BCUT2D eigenvalue weighted by molar-refractivity contribution is 4.86. The molecule has 0 saturated carbocycles. The summed E-state index contributed by atoms with van der Waals surface area (Å²) in [5, 5.41) is 3.59. The standard InChI is InChI=1S/C15H31N3/c1-15(2,3)6-7-16-8-10-17-11-12-18-9-4-5-14(18)13-17/h14,16H,4-13H2,1-3H3. The average molecular weight is 253 g/mol. The van der Waals surface area contributed by atoms with E-state index in [1.165, 1.54) is 52.0 Å². The molecule has 2 rings (SSSR count). The van der Waals surface area contributed by atoms with Crippen molar-refractivity contribution in [1.82, 2.24) is 15.1 Å². The fourth-order valence-electron chi connectivity index (χ4n) is 3.08. The summed E-state index contributed by atoms with van der Waals surface area (Å²) in [6, 6.07) is 0.869. The van der Waals surface area contributed by atoms with Crippen molar-refractivity contribution in [2.24, 2.45) is 5.41 Å². The van der Waals surface area contributed by atoms with E-state index in [-0.39, 0.29) is 0 Å². The highest BCUT2D eigenvalue weighted by atomic mass is 15.3. The molecular weight excluding hydrogens is 222 g/mol. The van der Waals surface area contributed by atoms with E-state index in [4.69, 9.17) is 0 Å². The fourth-order valence-corrected chi connectivity index (χ4v) is 3.08. The first-order chi connectivity index (χ1) is 8.54. The van der Waals surface area contributed by atoms with Crippen molar-refractivity contribution >= 4 is 0 Å². The Kier molecular flexibility index (Phi) is 5.05. The van der Waals surface area contributed by atoms with Crippen molar-refractivity contribution in [3.63, 3.8) is 0 Å². The second-order valence-electron chi connectivity index (χ2n) is 7.19. The van der Waals surface area contributed by atoms with Crippen LogP contribution in [0.2, 0.25) is 0 Å². The molecule has 1 unspecified atom stereocenters. The van der Waals surface area contributed by atoms with Crippen LogP contribution >= 0.6 is 0 Å². The minimum absolute atomic E-state index is 0.461. The molecule has 0 amide bonds. The number of nitrogens with one attached hydrogen (secondary N) is 1. The van der Waals surface area contributed by atoms with E-state index in [1.54, 1.807) is 0 Å². The van der Waals surface area contributed by atoms with Crippen LogP contribution in [0, 0.1) is 5.41 Å². The third kappa shape index (κ3) is 4.52. The van der Waals surface area contributed by atoms with Crippen LogP contribution in [0.5, 0.6) is 0 Å². The van der Waals surface area contributed by atoms with E-state index in [2.05, 4.69) is 35.9 Å². The molecule has 3 nitrogen and oxygen atoms in total. The molecule has 2 heterocycles. The zero-order valence-corrected chi connectivity index (χ0v) is 12.5. The van der Waals surface area contributed by atoms with Gasteiger partial charge in [0, 0.05) is 38.8 Å². The Morgan fingerprint density at radius 3 is 2.72 bits per heavy atom. The predicted octanol–water partition coefficient (Wildman–Crippen LogP) is 1.79. The van der Waals surface area contributed by atoms with Gasteiger partial charge in [-0.15, -0.1) is 0 Å². The Bertz CT molecular complexity index is 247. The Hall–Kier alpha value is -0.120. The van der Waals surface area contributed by atoms with E-state index >= 15 is 0 Å². The van der Waals surface area contributed by atoms with Gasteiger partial charge in [0.2, 0.25) is 0 Å². The first-order valence-electron chi connectivity index (χ1n) is 7.72. The molecule has 0 aromatic heterocycles. The van der Waals surface area contributed by atoms with Crippen molar-refractivity contribution < 1.29 is 0 Å². The first-order valence-corrected chi connectivity index (χ1v) is 7.72. The van der Waals surface area contributed by atoms with Crippen LogP contribution < -0.4 is 5.32 Å². The van der Waals surface area contributed by atoms with Crippen molar-refractivity contribution in [2.45, 2.75) is 46.1 Å². The number of hydrogen-bond acceptors (Lipinski definition) is 3. The molecule has 1 atom stereocenters. The lowest BCUT2D eigenvalue weighted by molar-refractivity contribution is 0.105. The monoisotopic (exact) mass is 253 g/mol. The zero-order chi connectivity index (χ0) is 13.0. The molecule has 2 saturated heterocycles. The number of rotatable bonds is 5. The SMILES string of the molecule is CC(C)(C)CCNCCN1CCN2CCCC2C1. The lowest BCUT2D eigenvalue weighted by Crippen LogP contribution is -2.51. The molecule has 18 heavy (non-hydrogen) atoms. The molecule has 2 aliphatic rings. The summed E-state index contributed by atoms with van der Waals surface area (Å²) in [7, 11) is 0. The van der Waals surface area contributed by atoms with Crippen molar-refractivity contribution in [3.8, 4) is 0 Å². The summed E-state index contributed by atoms with van der Waals surface area (Å²) in [5.74, 6) is 0. The van der Waals surface area contributed by atoms with Gasteiger partial charge in [-0.05, 0) is 37.8 Å². The molecule has 2 aliphatic heterocycles. The highest BCUT2D eigenvalue weighted by Gasteiger charge is 2.29. The van der Waals surface area contributed by atoms with Crippen LogP contribution in [0.25, 0.3) is 0 Å². The minimum atomic E-state index is 0.461. The maximum absolute atomic E-state index is 3.59. The summed E-state index contributed by atoms with van der Waals surface area (Å²) in [4.78, 5) is 5.33. The molecule has 0 bridgehead atoms. The molecule has 3 heteroatoms. The van der Waals surface area contributed by atoms with Crippen LogP contribution in [-0.2, 0) is 0 Å². The van der Waals surface area contributed by atoms with Crippen LogP contribution in [-0.4, -0.2) is 61.7 Å². The molecule has 1 N–H and O–H groups in total. The van der Waals surface area contributed by atoms with Gasteiger partial charge >= 0.3 is 0 Å². The van der Waals surface area contributed by atoms with Gasteiger partial charge in [-0.2, -0.15) is 0 Å². The number of piperazine rings is 1. The summed E-state index contributed by atoms with van der Waals surface area (Å²) in [6.07, 6.45) is 4.11. The number of hydrogen-bond donors (Lipinski definition) is 1. The van der Waals surface area contributed by atoms with Gasteiger partial charge in [0.15, 0.2) is 0 Å². The molecule has 0 aliphatic carbocycles. The summed E-state index contributed by atoms with van der Waals surface area (Å²) in [5.41, 5.74) is 0.461. The molecule has 2 fully saturated rings. The van der Waals surface area contributed by atoms with Gasteiger partial charge in [-0.1, -0.05) is 20.8 Å². The van der Waals surface area contributed by atoms with Gasteiger partial charge in [-0.3, -0.25) is 9.80 Å². The second kappa shape index (κ2) is 6.36. The highest BCUT2D eigenvalue weighted by Crippen LogP contribution is 2.21. The Morgan fingerprint density at radius 1 is 1.11 bits per heavy atom. The normalized spacial score (nSPS) is 26.5. The molecular formula is C15H31N3. The lowest BCUT2D eigenvalue weighted by Gasteiger charge is -2.37. The van der Waals surface area contributed by atoms with Crippen LogP contribution in [0.15, 0.2) is 0 Å². The maximum Gasteiger partial charge on any atom is 0.0224 e. The number of fused-ring (bicyclic) bond motifs is 1. The minimum Gasteiger partial charge on any atom is -0.315 e. The third-order valence-electron chi connectivity index (χ3n) is 4.33. The third-order valence-corrected chi connectivity index (χ3v) is 4.33. The van der Waals surface area contributed by atoms with Crippen LogP contribution in [0.1, 0.15) is 40.0 Å². The summed E-state index contributed by atoms with van der Waals surface area (Å²) in [6.45, 7) is 15.7. The van der Waals surface area contributed by atoms with Gasteiger partial charge in [0.25, 0.3) is 0 Å². The van der Waals surface area contributed by atoms with Gasteiger partial charge in [0.05, 0.1) is 0 Å². The molecule has 0 radical (unpaired) electrons. The predicted molar refractivity (Wildman–Crippen MR) is 78.0 cm³/mol. The molecule has 0 aromatic carbocycles.